The Bertz CT molecular complexity index is 924. The minimum Gasteiger partial charge on any atom is -0.494 e. The standard InChI is InChI=1S/C22H24N4O/c1-3-27-20-10-8-19(9-11-20)24-21-14-16(2)23-22(25-21)26-13-12-17-6-4-5-7-18(17)15-26/h4-11,14H,3,12-13,15H2,1-2H3,(H,23,24,25). The Morgan fingerprint density at radius 1 is 1.04 bits per heavy atom. The van der Waals surface area contributed by atoms with Crippen LogP contribution in [0.3, 0.4) is 0 Å². The Labute approximate surface area is 160 Å². The molecule has 0 unspecified atom stereocenters. The highest BCUT2D eigenvalue weighted by atomic mass is 16.5. The van der Waals surface area contributed by atoms with Crippen molar-refractivity contribution in [2.45, 2.75) is 26.8 Å². The summed E-state index contributed by atoms with van der Waals surface area (Å²) in [6.45, 7) is 6.44. The number of hydrogen-bond donors (Lipinski definition) is 1. The molecule has 27 heavy (non-hydrogen) atoms. The summed E-state index contributed by atoms with van der Waals surface area (Å²) >= 11 is 0. The second-order valence-electron chi connectivity index (χ2n) is 6.72. The quantitative estimate of drug-likeness (QED) is 0.726. The van der Waals surface area contributed by atoms with Gasteiger partial charge in [0.05, 0.1) is 6.61 Å². The highest BCUT2D eigenvalue weighted by Gasteiger charge is 2.18. The summed E-state index contributed by atoms with van der Waals surface area (Å²) in [6.07, 6.45) is 1.02. The van der Waals surface area contributed by atoms with E-state index in [2.05, 4.69) is 39.5 Å². The molecule has 4 rings (SSSR count). The zero-order chi connectivity index (χ0) is 18.6. The molecule has 0 amide bonds. The van der Waals surface area contributed by atoms with Gasteiger partial charge in [0, 0.05) is 30.5 Å². The van der Waals surface area contributed by atoms with Crippen molar-refractivity contribution in [3.05, 3.63) is 71.4 Å². The third-order valence-corrected chi connectivity index (χ3v) is 4.69. The van der Waals surface area contributed by atoms with Crippen LogP contribution in [-0.4, -0.2) is 23.1 Å². The second-order valence-corrected chi connectivity index (χ2v) is 6.72. The van der Waals surface area contributed by atoms with Crippen molar-refractivity contribution in [1.29, 1.82) is 0 Å². The predicted octanol–water partition coefficient (Wildman–Crippen LogP) is 4.49. The SMILES string of the molecule is CCOc1ccc(Nc2cc(C)nc(N3CCc4ccccc4C3)n2)cc1. The number of nitrogens with zero attached hydrogens (tertiary/aromatic N) is 3. The Kier molecular flexibility index (Phi) is 4.92. The largest absolute Gasteiger partial charge is 0.494 e. The number of anilines is 3. The van der Waals surface area contributed by atoms with Gasteiger partial charge in [-0.25, -0.2) is 4.98 Å². The zero-order valence-electron chi connectivity index (χ0n) is 15.8. The fourth-order valence-electron chi connectivity index (χ4n) is 3.37. The summed E-state index contributed by atoms with van der Waals surface area (Å²) in [5, 5.41) is 3.38. The van der Waals surface area contributed by atoms with Crippen LogP contribution in [0.4, 0.5) is 17.5 Å². The lowest BCUT2D eigenvalue weighted by atomic mass is 10.0. The van der Waals surface area contributed by atoms with Crippen LogP contribution < -0.4 is 15.0 Å². The van der Waals surface area contributed by atoms with Crippen molar-refractivity contribution in [2.24, 2.45) is 0 Å². The molecule has 138 valence electrons. The molecule has 5 nitrogen and oxygen atoms in total. The third kappa shape index (κ3) is 4.03. The highest BCUT2D eigenvalue weighted by molar-refractivity contribution is 5.59. The Hall–Kier alpha value is -3.08. The molecule has 0 fully saturated rings. The number of aromatic nitrogens is 2. The van der Waals surface area contributed by atoms with E-state index in [9.17, 15) is 0 Å². The first kappa shape index (κ1) is 17.3. The first-order valence-electron chi connectivity index (χ1n) is 9.38. The van der Waals surface area contributed by atoms with Crippen LogP contribution >= 0.6 is 0 Å². The van der Waals surface area contributed by atoms with Gasteiger partial charge in [-0.2, -0.15) is 4.98 Å². The van der Waals surface area contributed by atoms with Crippen molar-refractivity contribution >= 4 is 17.5 Å². The van der Waals surface area contributed by atoms with Crippen molar-refractivity contribution < 1.29 is 4.74 Å². The van der Waals surface area contributed by atoms with Gasteiger partial charge in [0.25, 0.3) is 0 Å². The van der Waals surface area contributed by atoms with Gasteiger partial charge in [-0.1, -0.05) is 24.3 Å². The Morgan fingerprint density at radius 2 is 1.81 bits per heavy atom. The Balaban J connectivity index is 1.53. The van der Waals surface area contributed by atoms with Crippen molar-refractivity contribution in [3.63, 3.8) is 0 Å². The monoisotopic (exact) mass is 360 g/mol. The maximum atomic E-state index is 5.50. The number of benzene rings is 2. The molecule has 5 heteroatoms. The number of ether oxygens (including phenoxy) is 1. The van der Waals surface area contributed by atoms with E-state index in [0.717, 1.165) is 48.4 Å². The molecule has 0 spiro atoms. The van der Waals surface area contributed by atoms with E-state index in [1.54, 1.807) is 0 Å². The molecule has 0 radical (unpaired) electrons. The summed E-state index contributed by atoms with van der Waals surface area (Å²) in [5.41, 5.74) is 4.71. The molecule has 1 N–H and O–H groups in total. The lowest BCUT2D eigenvalue weighted by Crippen LogP contribution is -2.32. The maximum absolute atomic E-state index is 5.50. The van der Waals surface area contributed by atoms with Gasteiger partial charge in [0.2, 0.25) is 5.95 Å². The third-order valence-electron chi connectivity index (χ3n) is 4.69. The van der Waals surface area contributed by atoms with E-state index in [-0.39, 0.29) is 0 Å². The lowest BCUT2D eigenvalue weighted by Gasteiger charge is -2.29. The normalized spacial score (nSPS) is 13.2. The van der Waals surface area contributed by atoms with E-state index in [4.69, 9.17) is 9.72 Å². The van der Waals surface area contributed by atoms with Gasteiger partial charge < -0.3 is 15.0 Å². The molecule has 1 aliphatic heterocycles. The molecule has 0 aliphatic carbocycles. The molecular weight excluding hydrogens is 336 g/mol. The summed E-state index contributed by atoms with van der Waals surface area (Å²) in [6, 6.07) is 18.5. The minimum atomic E-state index is 0.667. The molecule has 2 heterocycles. The van der Waals surface area contributed by atoms with Crippen molar-refractivity contribution in [2.75, 3.05) is 23.4 Å². The van der Waals surface area contributed by atoms with E-state index < -0.39 is 0 Å². The zero-order valence-corrected chi connectivity index (χ0v) is 15.8. The minimum absolute atomic E-state index is 0.667. The van der Waals surface area contributed by atoms with Crippen LogP contribution in [0.25, 0.3) is 0 Å². The van der Waals surface area contributed by atoms with E-state index >= 15 is 0 Å². The molecule has 0 saturated carbocycles. The first-order chi connectivity index (χ1) is 13.2. The summed E-state index contributed by atoms with van der Waals surface area (Å²) in [5.74, 6) is 2.45. The lowest BCUT2D eigenvalue weighted by molar-refractivity contribution is 0.340. The smallest absolute Gasteiger partial charge is 0.227 e. The van der Waals surface area contributed by atoms with Crippen LogP contribution in [0.15, 0.2) is 54.6 Å². The molecule has 1 aromatic heterocycles. The number of hydrogen-bond acceptors (Lipinski definition) is 5. The van der Waals surface area contributed by atoms with Crippen LogP contribution in [0, 0.1) is 6.92 Å². The fourth-order valence-corrected chi connectivity index (χ4v) is 3.37. The summed E-state index contributed by atoms with van der Waals surface area (Å²) in [7, 11) is 0. The van der Waals surface area contributed by atoms with Crippen LogP contribution in [0.2, 0.25) is 0 Å². The van der Waals surface area contributed by atoms with Crippen LogP contribution in [0.5, 0.6) is 5.75 Å². The van der Waals surface area contributed by atoms with E-state index in [1.807, 2.05) is 44.2 Å². The molecular formula is C22H24N4O. The fraction of sp³-hybridized carbons (Fsp3) is 0.273. The molecule has 2 aromatic carbocycles. The van der Waals surface area contributed by atoms with Gasteiger partial charge in [0.15, 0.2) is 0 Å². The van der Waals surface area contributed by atoms with Gasteiger partial charge in [-0.05, 0) is 55.7 Å². The Morgan fingerprint density at radius 3 is 2.59 bits per heavy atom. The molecule has 1 aliphatic rings. The van der Waals surface area contributed by atoms with Gasteiger partial charge in [-0.15, -0.1) is 0 Å². The molecule has 0 saturated heterocycles. The topological polar surface area (TPSA) is 50.3 Å². The number of nitrogens with one attached hydrogen (secondary N) is 1. The average Bonchev–Trinajstić information content (AvgIpc) is 2.69. The number of aryl methyl sites for hydroxylation is 1. The van der Waals surface area contributed by atoms with Crippen LogP contribution in [0.1, 0.15) is 23.7 Å². The molecule has 0 bridgehead atoms. The molecule has 3 aromatic rings. The van der Waals surface area contributed by atoms with E-state index in [0.29, 0.717) is 6.61 Å². The van der Waals surface area contributed by atoms with E-state index in [1.165, 1.54) is 11.1 Å². The number of fused-ring (bicyclic) bond motifs is 1. The van der Waals surface area contributed by atoms with Gasteiger partial charge in [0.1, 0.15) is 11.6 Å². The number of rotatable bonds is 5. The van der Waals surface area contributed by atoms with Gasteiger partial charge >= 0.3 is 0 Å². The van der Waals surface area contributed by atoms with Crippen molar-refractivity contribution in [3.8, 4) is 5.75 Å². The van der Waals surface area contributed by atoms with Crippen molar-refractivity contribution in [1.82, 2.24) is 9.97 Å². The predicted molar refractivity (Wildman–Crippen MR) is 109 cm³/mol. The first-order valence-corrected chi connectivity index (χ1v) is 9.38. The summed E-state index contributed by atoms with van der Waals surface area (Å²) < 4.78 is 5.50. The maximum Gasteiger partial charge on any atom is 0.227 e. The second kappa shape index (κ2) is 7.66. The van der Waals surface area contributed by atoms with Crippen LogP contribution in [-0.2, 0) is 13.0 Å². The molecule has 0 atom stereocenters. The summed E-state index contributed by atoms with van der Waals surface area (Å²) in [4.78, 5) is 11.7. The average molecular weight is 360 g/mol. The highest BCUT2D eigenvalue weighted by Crippen LogP contribution is 2.25. The van der Waals surface area contributed by atoms with Gasteiger partial charge in [-0.3, -0.25) is 0 Å².